The number of hydrogen-bond acceptors (Lipinski definition) is 4. The lowest BCUT2D eigenvalue weighted by Crippen LogP contribution is -2.27. The van der Waals surface area contributed by atoms with Gasteiger partial charge in [-0.25, -0.2) is 0 Å². The Kier molecular flexibility index (Phi) is 6.79. The van der Waals surface area contributed by atoms with Crippen LogP contribution < -0.4 is 14.4 Å². The lowest BCUT2D eigenvalue weighted by atomic mass is 10.1. The summed E-state index contributed by atoms with van der Waals surface area (Å²) in [5.74, 6) is 1.61. The number of halogens is 2. The molecule has 2 aromatic rings. The summed E-state index contributed by atoms with van der Waals surface area (Å²) in [6.45, 7) is 5.01. The standard InChI is InChI=1S/C20H21Cl2NO3S/c1-3-9-26-19-16(22)10-13(11-17(19)25-4-2)20-23(18(24)12-27-20)15-7-5-14(21)6-8-15/h5-8,10-11,20H,3-4,9,12H2,1-2H3/t20-/m1/s1. The summed E-state index contributed by atoms with van der Waals surface area (Å²) >= 11 is 14.0. The van der Waals surface area contributed by atoms with Crippen molar-refractivity contribution in [2.45, 2.75) is 25.6 Å². The molecule has 0 saturated carbocycles. The first-order valence-corrected chi connectivity index (χ1v) is 10.6. The van der Waals surface area contributed by atoms with Crippen molar-refractivity contribution in [3.8, 4) is 11.5 Å². The number of benzene rings is 2. The van der Waals surface area contributed by atoms with Crippen molar-refractivity contribution in [3.63, 3.8) is 0 Å². The van der Waals surface area contributed by atoms with E-state index < -0.39 is 0 Å². The normalized spacial score (nSPS) is 16.7. The van der Waals surface area contributed by atoms with Crippen molar-refractivity contribution in [2.24, 2.45) is 0 Å². The minimum atomic E-state index is -0.185. The van der Waals surface area contributed by atoms with Gasteiger partial charge in [-0.15, -0.1) is 11.8 Å². The van der Waals surface area contributed by atoms with Gasteiger partial charge < -0.3 is 9.47 Å². The van der Waals surface area contributed by atoms with Crippen molar-refractivity contribution in [3.05, 3.63) is 52.0 Å². The number of carbonyl (C=O) groups excluding carboxylic acids is 1. The zero-order valence-electron chi connectivity index (χ0n) is 15.2. The van der Waals surface area contributed by atoms with Gasteiger partial charge in [0, 0.05) is 10.7 Å². The molecule has 1 amide bonds. The summed E-state index contributed by atoms with van der Waals surface area (Å²) in [5, 5.41) is 0.935. The van der Waals surface area contributed by atoms with Crippen LogP contribution in [0.2, 0.25) is 10.0 Å². The molecule has 0 unspecified atom stereocenters. The van der Waals surface area contributed by atoms with Crippen LogP contribution in [0.5, 0.6) is 11.5 Å². The van der Waals surface area contributed by atoms with Crippen molar-refractivity contribution in [1.29, 1.82) is 0 Å². The maximum atomic E-state index is 12.5. The summed E-state index contributed by atoms with van der Waals surface area (Å²) < 4.78 is 11.5. The quantitative estimate of drug-likeness (QED) is 0.548. The molecule has 4 nitrogen and oxygen atoms in total. The van der Waals surface area contributed by atoms with Crippen LogP contribution in [0.1, 0.15) is 31.2 Å². The molecule has 27 heavy (non-hydrogen) atoms. The van der Waals surface area contributed by atoms with E-state index in [1.807, 2.05) is 38.1 Å². The van der Waals surface area contributed by atoms with Crippen LogP contribution in [-0.2, 0) is 4.79 Å². The first-order chi connectivity index (χ1) is 13.0. The third kappa shape index (κ3) is 4.48. The number of carbonyl (C=O) groups is 1. The Balaban J connectivity index is 1.98. The predicted molar refractivity (Wildman–Crippen MR) is 113 cm³/mol. The second kappa shape index (κ2) is 9.09. The van der Waals surface area contributed by atoms with Gasteiger partial charge in [0.15, 0.2) is 11.5 Å². The zero-order chi connectivity index (χ0) is 19.4. The zero-order valence-corrected chi connectivity index (χ0v) is 17.5. The van der Waals surface area contributed by atoms with E-state index in [-0.39, 0.29) is 11.3 Å². The lowest BCUT2D eigenvalue weighted by molar-refractivity contribution is -0.115. The Bertz CT molecular complexity index is 814. The minimum absolute atomic E-state index is 0.0488. The molecule has 0 N–H and O–H groups in total. The molecule has 144 valence electrons. The highest BCUT2D eigenvalue weighted by Crippen LogP contribution is 2.46. The first kappa shape index (κ1) is 20.2. The molecule has 1 heterocycles. The van der Waals surface area contributed by atoms with Crippen LogP contribution in [0.25, 0.3) is 0 Å². The highest BCUT2D eigenvalue weighted by atomic mass is 35.5. The third-order valence-electron chi connectivity index (χ3n) is 4.04. The van der Waals surface area contributed by atoms with E-state index in [9.17, 15) is 4.79 Å². The summed E-state index contributed by atoms with van der Waals surface area (Å²) in [6.07, 6.45) is 0.876. The molecule has 0 radical (unpaired) electrons. The number of amides is 1. The van der Waals surface area contributed by atoms with Crippen molar-refractivity contribution < 1.29 is 14.3 Å². The number of nitrogens with zero attached hydrogens (tertiary/aromatic N) is 1. The predicted octanol–water partition coefficient (Wildman–Crippen LogP) is 5.96. The molecule has 0 aromatic heterocycles. The van der Waals surface area contributed by atoms with E-state index in [4.69, 9.17) is 32.7 Å². The molecule has 0 aliphatic carbocycles. The summed E-state index contributed by atoms with van der Waals surface area (Å²) in [6, 6.07) is 11.0. The van der Waals surface area contributed by atoms with Crippen LogP contribution in [0.4, 0.5) is 5.69 Å². The van der Waals surface area contributed by atoms with Gasteiger partial charge >= 0.3 is 0 Å². The molecule has 2 aromatic carbocycles. The number of rotatable bonds is 7. The Labute approximate surface area is 173 Å². The molecule has 1 atom stereocenters. The van der Waals surface area contributed by atoms with E-state index in [1.54, 1.807) is 28.8 Å². The minimum Gasteiger partial charge on any atom is -0.490 e. The van der Waals surface area contributed by atoms with Gasteiger partial charge in [-0.05, 0) is 55.3 Å². The van der Waals surface area contributed by atoms with Gasteiger partial charge in [-0.1, -0.05) is 30.1 Å². The molecular formula is C20H21Cl2NO3S. The highest BCUT2D eigenvalue weighted by Gasteiger charge is 2.35. The number of ether oxygens (including phenoxy) is 2. The summed E-state index contributed by atoms with van der Waals surface area (Å²) in [5.41, 5.74) is 1.71. The third-order valence-corrected chi connectivity index (χ3v) is 5.79. The van der Waals surface area contributed by atoms with Crippen molar-refractivity contribution in [2.75, 3.05) is 23.9 Å². The van der Waals surface area contributed by atoms with Gasteiger partial charge in [0.05, 0.1) is 24.0 Å². The van der Waals surface area contributed by atoms with Crippen LogP contribution >= 0.6 is 35.0 Å². The maximum Gasteiger partial charge on any atom is 0.238 e. The Morgan fingerprint density at radius 1 is 1.15 bits per heavy atom. The number of hydrogen-bond donors (Lipinski definition) is 0. The largest absolute Gasteiger partial charge is 0.490 e. The average molecular weight is 426 g/mol. The maximum absolute atomic E-state index is 12.5. The van der Waals surface area contributed by atoms with Gasteiger partial charge in [-0.3, -0.25) is 9.69 Å². The first-order valence-electron chi connectivity index (χ1n) is 8.83. The van der Waals surface area contributed by atoms with E-state index in [0.29, 0.717) is 40.5 Å². The van der Waals surface area contributed by atoms with Crippen LogP contribution in [0, 0.1) is 0 Å². The summed E-state index contributed by atoms with van der Waals surface area (Å²) in [4.78, 5) is 14.3. The van der Waals surface area contributed by atoms with Crippen LogP contribution in [0.15, 0.2) is 36.4 Å². The summed E-state index contributed by atoms with van der Waals surface area (Å²) in [7, 11) is 0. The van der Waals surface area contributed by atoms with E-state index in [0.717, 1.165) is 17.7 Å². The second-order valence-corrected chi connectivity index (χ2v) is 7.93. The molecule has 7 heteroatoms. The lowest BCUT2D eigenvalue weighted by Gasteiger charge is -2.25. The Morgan fingerprint density at radius 3 is 2.56 bits per heavy atom. The second-order valence-electron chi connectivity index (χ2n) is 6.01. The molecule has 0 bridgehead atoms. The monoisotopic (exact) mass is 425 g/mol. The van der Waals surface area contributed by atoms with Crippen LogP contribution in [-0.4, -0.2) is 24.9 Å². The average Bonchev–Trinajstić information content (AvgIpc) is 3.03. The van der Waals surface area contributed by atoms with Crippen LogP contribution in [0.3, 0.4) is 0 Å². The highest BCUT2D eigenvalue weighted by molar-refractivity contribution is 8.00. The molecule has 1 saturated heterocycles. The molecule has 0 spiro atoms. The number of anilines is 1. The molecule has 1 aliphatic rings. The number of thioether (sulfide) groups is 1. The van der Waals surface area contributed by atoms with Crippen molar-refractivity contribution >= 4 is 46.6 Å². The van der Waals surface area contributed by atoms with E-state index in [1.165, 1.54) is 0 Å². The molecule has 1 fully saturated rings. The van der Waals surface area contributed by atoms with E-state index in [2.05, 4.69) is 0 Å². The molecular weight excluding hydrogens is 405 g/mol. The van der Waals surface area contributed by atoms with Gasteiger partial charge in [0.25, 0.3) is 0 Å². The fourth-order valence-corrected chi connectivity index (χ4v) is 4.45. The van der Waals surface area contributed by atoms with Crippen molar-refractivity contribution in [1.82, 2.24) is 0 Å². The molecule has 3 rings (SSSR count). The Morgan fingerprint density at radius 2 is 1.89 bits per heavy atom. The van der Waals surface area contributed by atoms with Gasteiger partial charge in [-0.2, -0.15) is 0 Å². The SMILES string of the molecule is CCCOc1c(Cl)cc([C@H]2SCC(=O)N2c2ccc(Cl)cc2)cc1OCC. The molecule has 1 aliphatic heterocycles. The fourth-order valence-electron chi connectivity index (χ4n) is 2.89. The van der Waals surface area contributed by atoms with E-state index >= 15 is 0 Å². The van der Waals surface area contributed by atoms with Gasteiger partial charge in [0.2, 0.25) is 5.91 Å². The smallest absolute Gasteiger partial charge is 0.238 e. The topological polar surface area (TPSA) is 38.8 Å². The van der Waals surface area contributed by atoms with Gasteiger partial charge in [0.1, 0.15) is 5.37 Å². The Hall–Kier alpha value is -1.56. The fraction of sp³-hybridized carbons (Fsp3) is 0.350.